The maximum absolute atomic E-state index is 12.9. The van der Waals surface area contributed by atoms with Crippen LogP contribution >= 0.6 is 0 Å². The van der Waals surface area contributed by atoms with Gasteiger partial charge in [0.25, 0.3) is 0 Å². The van der Waals surface area contributed by atoms with Crippen molar-refractivity contribution in [1.29, 1.82) is 0 Å². The molecule has 6 heteroatoms. The molecule has 0 amide bonds. The number of carbonyl (C=O) groups is 3. The molecular formula is C72H124O6. The number of rotatable bonds is 60. The molecule has 6 nitrogen and oxygen atoms in total. The number of unbranched alkanes of at least 4 members (excludes halogenated alkanes) is 33. The van der Waals surface area contributed by atoms with Gasteiger partial charge in [0.1, 0.15) is 13.2 Å². The molecule has 0 fully saturated rings. The van der Waals surface area contributed by atoms with Gasteiger partial charge < -0.3 is 14.2 Å². The third kappa shape index (κ3) is 63.2. The van der Waals surface area contributed by atoms with Crippen LogP contribution in [0.1, 0.15) is 323 Å². The molecule has 0 aromatic carbocycles. The van der Waals surface area contributed by atoms with Crippen LogP contribution in [0.3, 0.4) is 0 Å². The normalized spacial score (nSPS) is 12.7. The minimum absolute atomic E-state index is 0.0762. The summed E-state index contributed by atoms with van der Waals surface area (Å²) in [5.74, 6) is -0.874. The highest BCUT2D eigenvalue weighted by Gasteiger charge is 2.19. The van der Waals surface area contributed by atoms with Crippen molar-refractivity contribution < 1.29 is 28.6 Å². The van der Waals surface area contributed by atoms with E-state index in [1.165, 1.54) is 173 Å². The van der Waals surface area contributed by atoms with Gasteiger partial charge in [-0.05, 0) is 103 Å². The van der Waals surface area contributed by atoms with E-state index in [9.17, 15) is 14.4 Å². The average molecular weight is 1090 g/mol. The maximum Gasteiger partial charge on any atom is 0.306 e. The second kappa shape index (κ2) is 65.8. The van der Waals surface area contributed by atoms with E-state index < -0.39 is 6.10 Å². The maximum atomic E-state index is 12.9. The number of hydrogen-bond donors (Lipinski definition) is 0. The summed E-state index contributed by atoms with van der Waals surface area (Å²) in [6, 6.07) is 0. The first-order valence-corrected chi connectivity index (χ1v) is 33.2. The predicted octanol–water partition coefficient (Wildman–Crippen LogP) is 22.8. The van der Waals surface area contributed by atoms with Gasteiger partial charge in [-0.2, -0.15) is 0 Å². The predicted molar refractivity (Wildman–Crippen MR) is 339 cm³/mol. The Bertz CT molecular complexity index is 1530. The second-order valence-electron chi connectivity index (χ2n) is 22.0. The molecule has 1 unspecified atom stereocenters. The first kappa shape index (κ1) is 74.3. The molecule has 0 aliphatic carbocycles. The number of allylic oxidation sites excluding steroid dienone is 16. The molecule has 78 heavy (non-hydrogen) atoms. The van der Waals surface area contributed by atoms with E-state index in [1.54, 1.807) is 0 Å². The summed E-state index contributed by atoms with van der Waals surface area (Å²) >= 11 is 0. The van der Waals surface area contributed by atoms with Gasteiger partial charge in [0.15, 0.2) is 6.10 Å². The Balaban J connectivity index is 4.12. The quantitative estimate of drug-likeness (QED) is 0.0261. The number of ether oxygens (including phenoxy) is 3. The number of hydrogen-bond acceptors (Lipinski definition) is 6. The molecule has 0 spiro atoms. The lowest BCUT2D eigenvalue weighted by Crippen LogP contribution is -2.30. The van der Waals surface area contributed by atoms with E-state index in [1.807, 2.05) is 0 Å². The third-order valence-corrected chi connectivity index (χ3v) is 14.3. The van der Waals surface area contributed by atoms with Gasteiger partial charge in [-0.25, -0.2) is 0 Å². The summed E-state index contributed by atoms with van der Waals surface area (Å²) in [6.45, 7) is 6.52. The van der Waals surface area contributed by atoms with Crippen LogP contribution in [0, 0.1) is 0 Å². The molecule has 0 N–H and O–H groups in total. The lowest BCUT2D eigenvalue weighted by Gasteiger charge is -2.18. The van der Waals surface area contributed by atoms with Crippen molar-refractivity contribution >= 4 is 17.9 Å². The van der Waals surface area contributed by atoms with E-state index in [4.69, 9.17) is 14.2 Å². The highest BCUT2D eigenvalue weighted by atomic mass is 16.6. The van der Waals surface area contributed by atoms with Crippen molar-refractivity contribution in [2.24, 2.45) is 0 Å². The number of carbonyl (C=O) groups excluding carboxylic acids is 3. The number of esters is 3. The van der Waals surface area contributed by atoms with Crippen molar-refractivity contribution in [3.05, 3.63) is 97.2 Å². The monoisotopic (exact) mass is 1080 g/mol. The minimum atomic E-state index is -0.777. The van der Waals surface area contributed by atoms with E-state index in [0.29, 0.717) is 19.3 Å². The van der Waals surface area contributed by atoms with Crippen molar-refractivity contribution in [2.45, 2.75) is 329 Å². The summed E-state index contributed by atoms with van der Waals surface area (Å²) in [4.78, 5) is 38.2. The summed E-state index contributed by atoms with van der Waals surface area (Å²) in [7, 11) is 0. The Morgan fingerprint density at radius 1 is 0.269 bits per heavy atom. The van der Waals surface area contributed by atoms with Crippen LogP contribution < -0.4 is 0 Å². The van der Waals surface area contributed by atoms with Crippen LogP contribution in [0.15, 0.2) is 97.2 Å². The van der Waals surface area contributed by atoms with Gasteiger partial charge in [0.05, 0.1) is 0 Å². The molecule has 448 valence electrons. The fourth-order valence-electron chi connectivity index (χ4n) is 9.36. The van der Waals surface area contributed by atoms with Crippen LogP contribution in [0.25, 0.3) is 0 Å². The van der Waals surface area contributed by atoms with Crippen molar-refractivity contribution in [3.8, 4) is 0 Å². The zero-order valence-corrected chi connectivity index (χ0v) is 51.4. The molecule has 0 aromatic rings. The Morgan fingerprint density at radius 2 is 0.500 bits per heavy atom. The molecular weight excluding hydrogens is 961 g/mol. The van der Waals surface area contributed by atoms with Crippen molar-refractivity contribution in [3.63, 3.8) is 0 Å². The van der Waals surface area contributed by atoms with Gasteiger partial charge >= 0.3 is 17.9 Å². The fraction of sp³-hybridized carbons (Fsp3) is 0.736. The van der Waals surface area contributed by atoms with Gasteiger partial charge in [0.2, 0.25) is 0 Å². The Morgan fingerprint density at radius 3 is 0.821 bits per heavy atom. The zero-order chi connectivity index (χ0) is 56.4. The minimum Gasteiger partial charge on any atom is -0.462 e. The zero-order valence-electron chi connectivity index (χ0n) is 51.4. The first-order valence-electron chi connectivity index (χ1n) is 33.2. The van der Waals surface area contributed by atoms with E-state index in [2.05, 4.69) is 118 Å². The first-order chi connectivity index (χ1) is 38.5. The third-order valence-electron chi connectivity index (χ3n) is 14.3. The van der Waals surface area contributed by atoms with Gasteiger partial charge in [0, 0.05) is 19.3 Å². The standard InChI is InChI=1S/C72H124O6/c1-4-7-10-13-16-19-22-25-26-27-28-29-30-31-32-33-34-35-36-37-38-39-40-41-42-43-44-45-46-48-50-53-56-59-62-65-71(74)77-68-69(67-76-70(73)64-61-58-55-52-49-24-21-18-15-12-9-6-3)78-72(75)66-63-60-57-54-51-47-23-20-17-14-11-8-5-2/h7,10,16,18-19,21,25-26,28-29,31-32,34-35,37-38,69H,4-6,8-9,11-15,17,20,22-24,27,30,33,36,39-68H2,1-3H3/b10-7-,19-16-,21-18-,26-25-,29-28-,32-31-,35-34-,38-37-. The lowest BCUT2D eigenvalue weighted by atomic mass is 10.0. The average Bonchev–Trinajstić information content (AvgIpc) is 3.44. The SMILES string of the molecule is CC/C=C\C/C=C\C/C=C\C/C=C\C/C=C\C/C=C\C/C=C\CCCCCCCCCCCCCCCC(=O)OCC(COC(=O)CCCCCCC/C=C\CCCCC)OC(=O)CCCCCCCCCCCCCCC. The van der Waals surface area contributed by atoms with E-state index in [-0.39, 0.29) is 31.1 Å². The lowest BCUT2D eigenvalue weighted by molar-refractivity contribution is -0.167. The van der Waals surface area contributed by atoms with Gasteiger partial charge in [-0.15, -0.1) is 0 Å². The molecule has 0 saturated carbocycles. The van der Waals surface area contributed by atoms with Crippen LogP contribution in [-0.2, 0) is 28.6 Å². The molecule has 0 aromatic heterocycles. The highest BCUT2D eigenvalue weighted by Crippen LogP contribution is 2.17. The topological polar surface area (TPSA) is 78.9 Å². The summed E-state index contributed by atoms with van der Waals surface area (Å²) in [5.41, 5.74) is 0. The second-order valence-corrected chi connectivity index (χ2v) is 22.0. The van der Waals surface area contributed by atoms with Gasteiger partial charge in [-0.1, -0.05) is 298 Å². The molecule has 0 aliphatic heterocycles. The van der Waals surface area contributed by atoms with Crippen molar-refractivity contribution in [2.75, 3.05) is 13.2 Å². The van der Waals surface area contributed by atoms with Crippen LogP contribution in [0.2, 0.25) is 0 Å². The van der Waals surface area contributed by atoms with Gasteiger partial charge in [-0.3, -0.25) is 14.4 Å². The van der Waals surface area contributed by atoms with E-state index >= 15 is 0 Å². The van der Waals surface area contributed by atoms with Crippen LogP contribution in [-0.4, -0.2) is 37.2 Å². The molecule has 0 radical (unpaired) electrons. The smallest absolute Gasteiger partial charge is 0.306 e. The van der Waals surface area contributed by atoms with Crippen molar-refractivity contribution in [1.82, 2.24) is 0 Å². The Hall–Kier alpha value is -3.67. The molecule has 0 heterocycles. The summed E-state index contributed by atoms with van der Waals surface area (Å²) in [6.07, 6.45) is 88.6. The summed E-state index contributed by atoms with van der Waals surface area (Å²) in [5, 5.41) is 0. The summed E-state index contributed by atoms with van der Waals surface area (Å²) < 4.78 is 16.9. The van der Waals surface area contributed by atoms with Crippen LogP contribution in [0.5, 0.6) is 0 Å². The molecule has 0 saturated heterocycles. The molecule has 0 bridgehead atoms. The largest absolute Gasteiger partial charge is 0.462 e. The fourth-order valence-corrected chi connectivity index (χ4v) is 9.36. The van der Waals surface area contributed by atoms with E-state index in [0.717, 1.165) is 109 Å². The molecule has 0 rings (SSSR count). The Kier molecular flexibility index (Phi) is 62.7. The molecule has 0 aliphatic rings. The van der Waals surface area contributed by atoms with Crippen LogP contribution in [0.4, 0.5) is 0 Å². The molecule has 1 atom stereocenters. The highest BCUT2D eigenvalue weighted by molar-refractivity contribution is 5.71. The Labute approximate surface area is 483 Å².